The smallest absolute Gasteiger partial charge is 0.0972 e. The second-order valence-electron chi connectivity index (χ2n) is 6.40. The zero-order valence-corrected chi connectivity index (χ0v) is 13.1. The first-order valence-corrected chi connectivity index (χ1v) is 7.56. The number of hydrogen-bond acceptors (Lipinski definition) is 2. The first-order chi connectivity index (χ1) is 7.55. The summed E-state index contributed by atoms with van der Waals surface area (Å²) in [6, 6.07) is 0.0902. The van der Waals surface area contributed by atoms with Crippen LogP contribution >= 0.6 is 0 Å². The fourth-order valence-electron chi connectivity index (χ4n) is 1.30. The molecule has 3 nitrogen and oxygen atoms in total. The molecule has 0 saturated carbocycles. The van der Waals surface area contributed by atoms with Crippen molar-refractivity contribution in [3.63, 3.8) is 0 Å². The maximum absolute atomic E-state index is 12.0. The van der Waals surface area contributed by atoms with Crippen molar-refractivity contribution in [3.8, 4) is 0 Å². The van der Waals surface area contributed by atoms with Crippen LogP contribution in [0.1, 0.15) is 54.9 Å². The predicted molar refractivity (Wildman–Crippen MR) is 75.1 cm³/mol. The van der Waals surface area contributed by atoms with Gasteiger partial charge in [-0.05, 0) is 39.0 Å². The molecule has 0 spiro atoms. The van der Waals surface area contributed by atoms with Gasteiger partial charge in [-0.1, -0.05) is 27.7 Å². The largest absolute Gasteiger partial charge is 0.393 e. The number of aliphatic hydroxyl groups is 1. The highest BCUT2D eigenvalue weighted by Crippen LogP contribution is 2.17. The summed E-state index contributed by atoms with van der Waals surface area (Å²) in [6.07, 6.45) is 0.309. The Morgan fingerprint density at radius 1 is 1.12 bits per heavy atom. The van der Waals surface area contributed by atoms with Crippen LogP contribution in [0.25, 0.3) is 0 Å². The van der Waals surface area contributed by atoms with Crippen LogP contribution in [0.2, 0.25) is 0 Å². The summed E-state index contributed by atoms with van der Waals surface area (Å²) < 4.78 is 14.9. The van der Waals surface area contributed by atoms with Crippen LogP contribution in [0.3, 0.4) is 0 Å². The van der Waals surface area contributed by atoms with E-state index >= 15 is 0 Å². The molecule has 4 heteroatoms. The van der Waals surface area contributed by atoms with Crippen LogP contribution in [0.5, 0.6) is 0 Å². The zero-order valence-electron chi connectivity index (χ0n) is 12.3. The first-order valence-electron chi connectivity index (χ1n) is 6.41. The number of hydrogen-bond donors (Lipinski definition) is 2. The summed E-state index contributed by atoms with van der Waals surface area (Å²) >= 11 is 0. The lowest BCUT2D eigenvalue weighted by molar-refractivity contribution is 0.100. The first kappa shape index (κ1) is 17.1. The molecular weight excluding hydrogens is 234 g/mol. The average molecular weight is 263 g/mol. The van der Waals surface area contributed by atoms with Crippen LogP contribution in [-0.2, 0) is 11.0 Å². The van der Waals surface area contributed by atoms with Gasteiger partial charge in [0.05, 0.1) is 21.8 Å². The van der Waals surface area contributed by atoms with Crippen molar-refractivity contribution in [1.82, 2.24) is 4.72 Å². The van der Waals surface area contributed by atoms with Gasteiger partial charge in [0, 0.05) is 6.04 Å². The molecule has 0 amide bonds. The Bertz CT molecular complexity index is 246. The highest BCUT2D eigenvalue weighted by atomic mass is 32.2. The fourth-order valence-corrected chi connectivity index (χ4v) is 2.30. The van der Waals surface area contributed by atoms with Gasteiger partial charge in [-0.25, -0.2) is 8.93 Å². The lowest BCUT2D eigenvalue weighted by atomic mass is 9.94. The van der Waals surface area contributed by atoms with Crippen molar-refractivity contribution < 1.29 is 9.32 Å². The molecule has 0 bridgehead atoms. The highest BCUT2D eigenvalue weighted by molar-refractivity contribution is 7.84. The molecule has 0 aromatic heterocycles. The van der Waals surface area contributed by atoms with Gasteiger partial charge in [-0.15, -0.1) is 0 Å². The fraction of sp³-hybridized carbons (Fsp3) is 1.00. The zero-order chi connectivity index (χ0) is 13.8. The van der Waals surface area contributed by atoms with E-state index in [0.717, 1.165) is 0 Å². The van der Waals surface area contributed by atoms with Gasteiger partial charge < -0.3 is 5.11 Å². The molecule has 104 valence electrons. The molecule has 0 aromatic rings. The van der Waals surface area contributed by atoms with Crippen LogP contribution < -0.4 is 4.72 Å². The highest BCUT2D eigenvalue weighted by Gasteiger charge is 2.26. The number of rotatable bonds is 6. The SMILES string of the molecule is CC(C)[C@@H](O)C[C@@H](NS(=O)C(C)(C)C)C(C)C. The van der Waals surface area contributed by atoms with Gasteiger partial charge in [0.15, 0.2) is 0 Å². The van der Waals surface area contributed by atoms with Gasteiger partial charge in [0.2, 0.25) is 0 Å². The van der Waals surface area contributed by atoms with Crippen molar-refractivity contribution in [2.45, 2.75) is 71.8 Å². The second kappa shape index (κ2) is 6.86. The molecule has 2 N–H and O–H groups in total. The molecule has 0 aliphatic heterocycles. The third kappa shape index (κ3) is 6.53. The van der Waals surface area contributed by atoms with Crippen molar-refractivity contribution in [3.05, 3.63) is 0 Å². The quantitative estimate of drug-likeness (QED) is 0.773. The minimum Gasteiger partial charge on any atom is -0.393 e. The van der Waals surface area contributed by atoms with Crippen LogP contribution in [-0.4, -0.2) is 26.2 Å². The minimum atomic E-state index is -1.08. The molecule has 0 aliphatic carbocycles. The predicted octanol–water partition coefficient (Wildman–Crippen LogP) is 2.47. The van der Waals surface area contributed by atoms with Crippen LogP contribution in [0, 0.1) is 11.8 Å². The maximum atomic E-state index is 12.0. The van der Waals surface area contributed by atoms with Gasteiger partial charge in [-0.2, -0.15) is 0 Å². The summed E-state index contributed by atoms with van der Waals surface area (Å²) in [5.74, 6) is 0.593. The number of nitrogens with one attached hydrogen (secondary N) is 1. The van der Waals surface area contributed by atoms with Crippen LogP contribution in [0.15, 0.2) is 0 Å². The van der Waals surface area contributed by atoms with E-state index in [1.54, 1.807) is 0 Å². The summed E-state index contributed by atoms with van der Waals surface area (Å²) in [5.41, 5.74) is 0. The Labute approximate surface area is 109 Å². The Balaban J connectivity index is 4.51. The molecule has 0 aliphatic rings. The van der Waals surface area contributed by atoms with Crippen molar-refractivity contribution in [2.24, 2.45) is 11.8 Å². The minimum absolute atomic E-state index is 0.0902. The molecule has 0 rings (SSSR count). The van der Waals surface area contributed by atoms with Crippen molar-refractivity contribution in [2.75, 3.05) is 0 Å². The summed E-state index contributed by atoms with van der Waals surface area (Å²) in [5, 5.41) is 9.92. The van der Waals surface area contributed by atoms with E-state index < -0.39 is 11.0 Å². The third-order valence-electron chi connectivity index (χ3n) is 2.88. The normalized spacial score (nSPS) is 18.5. The monoisotopic (exact) mass is 263 g/mol. The Hall–Kier alpha value is 0.0700. The van der Waals surface area contributed by atoms with E-state index in [9.17, 15) is 9.32 Å². The molecule has 0 fully saturated rings. The molecule has 0 aromatic carbocycles. The van der Waals surface area contributed by atoms with Crippen LogP contribution in [0.4, 0.5) is 0 Å². The molecular formula is C13H29NO2S. The Kier molecular flexibility index (Phi) is 6.89. The topological polar surface area (TPSA) is 49.3 Å². The molecule has 17 heavy (non-hydrogen) atoms. The molecule has 0 heterocycles. The van der Waals surface area contributed by atoms with E-state index in [4.69, 9.17) is 0 Å². The molecule has 0 saturated heterocycles. The summed E-state index contributed by atoms with van der Waals surface area (Å²) in [6.45, 7) is 14.0. The lowest BCUT2D eigenvalue weighted by Crippen LogP contribution is -2.44. The van der Waals surface area contributed by atoms with Crippen molar-refractivity contribution in [1.29, 1.82) is 0 Å². The molecule has 0 radical (unpaired) electrons. The van der Waals surface area contributed by atoms with Crippen molar-refractivity contribution >= 4 is 11.0 Å². The molecule has 3 atom stereocenters. The Morgan fingerprint density at radius 3 is 1.88 bits per heavy atom. The van der Waals surface area contributed by atoms with E-state index in [1.165, 1.54) is 0 Å². The van der Waals surface area contributed by atoms with Gasteiger partial charge in [0.1, 0.15) is 0 Å². The van der Waals surface area contributed by atoms with E-state index in [-0.39, 0.29) is 22.8 Å². The summed E-state index contributed by atoms with van der Waals surface area (Å²) in [7, 11) is -1.08. The molecule has 1 unspecified atom stereocenters. The van der Waals surface area contributed by atoms with Gasteiger partial charge >= 0.3 is 0 Å². The van der Waals surface area contributed by atoms with E-state index in [1.807, 2.05) is 34.6 Å². The van der Waals surface area contributed by atoms with Gasteiger partial charge in [-0.3, -0.25) is 0 Å². The van der Waals surface area contributed by atoms with Gasteiger partial charge in [0.25, 0.3) is 0 Å². The average Bonchev–Trinajstić information content (AvgIpc) is 2.14. The number of aliphatic hydroxyl groups excluding tert-OH is 1. The lowest BCUT2D eigenvalue weighted by Gasteiger charge is -2.29. The second-order valence-corrected chi connectivity index (χ2v) is 8.39. The van der Waals surface area contributed by atoms with E-state index in [0.29, 0.717) is 12.3 Å². The maximum Gasteiger partial charge on any atom is 0.0972 e. The summed E-state index contributed by atoms with van der Waals surface area (Å²) in [4.78, 5) is 0. The third-order valence-corrected chi connectivity index (χ3v) is 4.51. The Morgan fingerprint density at radius 2 is 1.59 bits per heavy atom. The van der Waals surface area contributed by atoms with E-state index in [2.05, 4.69) is 18.6 Å². The standard InChI is InChI=1S/C13H29NO2S/c1-9(2)11(8-12(15)10(3)4)14-17(16)13(5,6)7/h9-12,14-15H,8H2,1-7H3/t11-,12+,17?/m1/s1.